The van der Waals surface area contributed by atoms with Crippen molar-refractivity contribution in [1.29, 1.82) is 0 Å². The summed E-state index contributed by atoms with van der Waals surface area (Å²) in [6, 6.07) is 0. The minimum Gasteiger partial charge on any atom is -0.0807 e. The fraction of sp³-hybridized carbons (Fsp3) is 0.500. The summed E-state index contributed by atoms with van der Waals surface area (Å²) >= 11 is 0. The Bertz CT molecular complexity index is 164. The summed E-state index contributed by atoms with van der Waals surface area (Å²) < 4.78 is 0. The van der Waals surface area contributed by atoms with E-state index in [0.29, 0.717) is 5.92 Å². The molecule has 0 N–H and O–H groups in total. The molecule has 0 heteroatoms. The molecule has 0 saturated carbocycles. The van der Waals surface area contributed by atoms with E-state index in [-0.39, 0.29) is 0 Å². The lowest BCUT2D eigenvalue weighted by molar-refractivity contribution is 0.817. The molecule has 0 fully saturated rings. The van der Waals surface area contributed by atoms with Gasteiger partial charge < -0.3 is 0 Å². The summed E-state index contributed by atoms with van der Waals surface area (Å²) in [4.78, 5) is 0. The van der Waals surface area contributed by atoms with Crippen molar-refractivity contribution in [3.63, 3.8) is 0 Å². The third-order valence-corrected chi connectivity index (χ3v) is 2.50. The first kappa shape index (κ1) is 7.59. The molecule has 0 aromatic heterocycles. The van der Waals surface area contributed by atoms with Gasteiger partial charge in [-0.1, -0.05) is 37.1 Å². The van der Waals surface area contributed by atoms with Gasteiger partial charge in [0.25, 0.3) is 0 Å². The highest BCUT2D eigenvalue weighted by atomic mass is 14.2. The quantitative estimate of drug-likeness (QED) is 0.478. The molecule has 1 atom stereocenters. The van der Waals surface area contributed by atoms with Gasteiger partial charge in [0.05, 0.1) is 0 Å². The molecule has 0 aliphatic heterocycles. The number of rotatable bonds is 0. The number of allylic oxidation sites excluding steroid dienone is 4. The van der Waals surface area contributed by atoms with Crippen LogP contribution >= 0.6 is 0 Å². The van der Waals surface area contributed by atoms with Crippen LogP contribution in [0.4, 0.5) is 0 Å². The molecule has 0 nitrogen and oxygen atoms in total. The molecular formula is C10H15. The Hall–Kier alpha value is -0.520. The van der Waals surface area contributed by atoms with Crippen LogP contribution in [-0.2, 0) is 0 Å². The van der Waals surface area contributed by atoms with E-state index in [2.05, 4.69) is 39.8 Å². The van der Waals surface area contributed by atoms with Gasteiger partial charge in [0.15, 0.2) is 0 Å². The predicted molar refractivity (Wildman–Crippen MR) is 45.6 cm³/mol. The van der Waals surface area contributed by atoms with Crippen LogP contribution in [0, 0.1) is 11.8 Å². The van der Waals surface area contributed by atoms with Gasteiger partial charge in [-0.3, -0.25) is 0 Å². The van der Waals surface area contributed by atoms with Gasteiger partial charge in [0, 0.05) is 5.92 Å². The van der Waals surface area contributed by atoms with E-state index in [1.54, 1.807) is 0 Å². The topological polar surface area (TPSA) is 0 Å². The van der Waals surface area contributed by atoms with Crippen LogP contribution < -0.4 is 0 Å². The number of hydrogen-bond acceptors (Lipinski definition) is 0. The Morgan fingerprint density at radius 1 is 1.20 bits per heavy atom. The molecule has 10 heavy (non-hydrogen) atoms. The van der Waals surface area contributed by atoms with E-state index in [1.807, 2.05) is 0 Å². The summed E-state index contributed by atoms with van der Waals surface area (Å²) in [6.45, 7) is 8.82. The van der Waals surface area contributed by atoms with Crippen LogP contribution in [0.5, 0.6) is 0 Å². The molecule has 1 unspecified atom stereocenters. The van der Waals surface area contributed by atoms with E-state index in [9.17, 15) is 0 Å². The van der Waals surface area contributed by atoms with Crippen molar-refractivity contribution < 1.29 is 0 Å². The third-order valence-electron chi connectivity index (χ3n) is 2.50. The molecule has 0 amide bonds. The summed E-state index contributed by atoms with van der Waals surface area (Å²) in [5, 5.41) is 0. The van der Waals surface area contributed by atoms with E-state index in [1.165, 1.54) is 17.1 Å². The second kappa shape index (κ2) is 2.61. The summed E-state index contributed by atoms with van der Waals surface area (Å²) in [6.07, 6.45) is 4.48. The van der Waals surface area contributed by atoms with Gasteiger partial charge in [0.1, 0.15) is 0 Å². The lowest BCUT2D eigenvalue weighted by Crippen LogP contribution is -2.05. The third kappa shape index (κ3) is 1.16. The van der Waals surface area contributed by atoms with Gasteiger partial charge in [-0.2, -0.15) is 0 Å². The van der Waals surface area contributed by atoms with Crippen molar-refractivity contribution in [2.24, 2.45) is 5.92 Å². The summed E-state index contributed by atoms with van der Waals surface area (Å²) in [5.74, 6) is 2.05. The van der Waals surface area contributed by atoms with Gasteiger partial charge in [-0.25, -0.2) is 0 Å². The average molecular weight is 135 g/mol. The van der Waals surface area contributed by atoms with Crippen LogP contribution in [0.15, 0.2) is 23.3 Å². The Balaban J connectivity index is 2.88. The second-order valence-corrected chi connectivity index (χ2v) is 3.14. The highest BCUT2D eigenvalue weighted by Crippen LogP contribution is 2.28. The number of hydrogen-bond donors (Lipinski definition) is 0. The first-order chi connectivity index (χ1) is 4.63. The standard InChI is InChI=1S/C10H15/c1-7-5-6-8(2)10(4)9(7)3/h5-7H,1-4H3. The molecular weight excluding hydrogens is 120 g/mol. The smallest absolute Gasteiger partial charge is 0.0188 e. The molecule has 1 aliphatic rings. The zero-order chi connectivity index (χ0) is 7.72. The van der Waals surface area contributed by atoms with Crippen molar-refractivity contribution in [3.8, 4) is 0 Å². The molecule has 0 heterocycles. The molecule has 1 aliphatic carbocycles. The zero-order valence-corrected chi connectivity index (χ0v) is 7.23. The molecule has 0 saturated heterocycles. The highest BCUT2D eigenvalue weighted by Gasteiger charge is 2.13. The predicted octanol–water partition coefficient (Wildman–Crippen LogP) is 3.12. The molecule has 0 bridgehead atoms. The summed E-state index contributed by atoms with van der Waals surface area (Å²) in [5.41, 5.74) is 2.98. The molecule has 0 spiro atoms. The van der Waals surface area contributed by atoms with E-state index in [4.69, 9.17) is 0 Å². The van der Waals surface area contributed by atoms with Crippen molar-refractivity contribution in [2.75, 3.05) is 0 Å². The first-order valence-electron chi connectivity index (χ1n) is 3.82. The van der Waals surface area contributed by atoms with Crippen LogP contribution in [0.2, 0.25) is 0 Å². The zero-order valence-electron chi connectivity index (χ0n) is 7.23. The second-order valence-electron chi connectivity index (χ2n) is 3.14. The van der Waals surface area contributed by atoms with Crippen LogP contribution in [0.3, 0.4) is 0 Å². The van der Waals surface area contributed by atoms with E-state index in [0.717, 1.165) is 0 Å². The maximum atomic E-state index is 2.26. The Kier molecular flexibility index (Phi) is 1.98. The first-order valence-corrected chi connectivity index (χ1v) is 3.82. The van der Waals surface area contributed by atoms with Crippen LogP contribution in [0.25, 0.3) is 0 Å². The minimum atomic E-state index is 0.642. The fourth-order valence-corrected chi connectivity index (χ4v) is 1.21. The minimum absolute atomic E-state index is 0.642. The Morgan fingerprint density at radius 3 is 2.30 bits per heavy atom. The fourth-order valence-electron chi connectivity index (χ4n) is 1.21. The van der Waals surface area contributed by atoms with Crippen molar-refractivity contribution in [1.82, 2.24) is 0 Å². The molecule has 55 valence electrons. The van der Waals surface area contributed by atoms with Crippen molar-refractivity contribution in [3.05, 3.63) is 29.2 Å². The van der Waals surface area contributed by atoms with Crippen molar-refractivity contribution >= 4 is 0 Å². The molecule has 1 rings (SSSR count). The Morgan fingerprint density at radius 2 is 1.80 bits per heavy atom. The van der Waals surface area contributed by atoms with E-state index >= 15 is 0 Å². The maximum absolute atomic E-state index is 2.26. The molecule has 0 aromatic carbocycles. The van der Waals surface area contributed by atoms with Crippen molar-refractivity contribution in [2.45, 2.75) is 27.7 Å². The molecule has 1 radical (unpaired) electrons. The lowest BCUT2D eigenvalue weighted by Gasteiger charge is -2.20. The lowest BCUT2D eigenvalue weighted by atomic mass is 9.85. The van der Waals surface area contributed by atoms with E-state index < -0.39 is 0 Å². The van der Waals surface area contributed by atoms with Gasteiger partial charge in [0.2, 0.25) is 0 Å². The van der Waals surface area contributed by atoms with Gasteiger partial charge in [-0.15, -0.1) is 0 Å². The van der Waals surface area contributed by atoms with Gasteiger partial charge >= 0.3 is 0 Å². The Labute approximate surface area is 63.6 Å². The van der Waals surface area contributed by atoms with Crippen LogP contribution in [-0.4, -0.2) is 0 Å². The monoisotopic (exact) mass is 135 g/mol. The van der Waals surface area contributed by atoms with Gasteiger partial charge in [-0.05, 0) is 19.8 Å². The largest absolute Gasteiger partial charge is 0.0807 e. The maximum Gasteiger partial charge on any atom is 0.0188 e. The average Bonchev–Trinajstić information content (AvgIpc) is 1.93. The SMILES string of the molecule is C[C]1C=CC(C)C(C)=C1C. The highest BCUT2D eigenvalue weighted by molar-refractivity contribution is 5.39. The summed E-state index contributed by atoms with van der Waals surface area (Å²) in [7, 11) is 0. The normalized spacial score (nSPS) is 27.8. The molecule has 0 aromatic rings. The van der Waals surface area contributed by atoms with Crippen LogP contribution in [0.1, 0.15) is 27.7 Å².